The molecule has 0 spiro atoms. The molecule has 0 radical (unpaired) electrons. The van der Waals surface area contributed by atoms with Crippen molar-refractivity contribution in [1.29, 1.82) is 0 Å². The van der Waals surface area contributed by atoms with Gasteiger partial charge in [-0.25, -0.2) is 0 Å². The fourth-order valence-electron chi connectivity index (χ4n) is 3.74. The molecule has 162 valence electrons. The molecular formula is C26H19ClN4O2. The topological polar surface area (TPSA) is 76.9 Å². The normalized spacial score (nSPS) is 11.1. The third-order valence-electron chi connectivity index (χ3n) is 5.47. The lowest BCUT2D eigenvalue weighted by Gasteiger charge is -2.08. The Balaban J connectivity index is 1.26. The van der Waals surface area contributed by atoms with E-state index in [2.05, 4.69) is 39.9 Å². The summed E-state index contributed by atoms with van der Waals surface area (Å²) >= 11 is 6.01. The zero-order chi connectivity index (χ0) is 22.8. The summed E-state index contributed by atoms with van der Waals surface area (Å²) in [7, 11) is 0. The van der Waals surface area contributed by atoms with Gasteiger partial charge in [-0.15, -0.1) is 5.10 Å². The number of rotatable bonds is 5. The van der Waals surface area contributed by atoms with E-state index in [0.29, 0.717) is 28.2 Å². The lowest BCUT2D eigenvalue weighted by atomic mass is 10.1. The van der Waals surface area contributed by atoms with Gasteiger partial charge in [0.25, 0.3) is 5.56 Å². The van der Waals surface area contributed by atoms with Crippen LogP contribution >= 0.6 is 11.6 Å². The number of nitrogens with zero attached hydrogens (tertiary/aromatic N) is 3. The van der Waals surface area contributed by atoms with Gasteiger partial charge >= 0.3 is 0 Å². The molecule has 0 aliphatic carbocycles. The van der Waals surface area contributed by atoms with Crippen LogP contribution < -0.4 is 10.9 Å². The second-order valence-corrected chi connectivity index (χ2v) is 8.21. The maximum Gasteiger partial charge on any atom is 0.282 e. The Hall–Kier alpha value is -4.03. The Labute approximate surface area is 194 Å². The van der Waals surface area contributed by atoms with Gasteiger partial charge in [0.2, 0.25) is 5.91 Å². The van der Waals surface area contributed by atoms with Crippen molar-refractivity contribution >= 4 is 39.2 Å². The molecule has 5 rings (SSSR count). The molecule has 6 nitrogen and oxygen atoms in total. The molecule has 0 saturated carbocycles. The number of halogens is 1. The van der Waals surface area contributed by atoms with E-state index in [-0.39, 0.29) is 17.9 Å². The number of amides is 1. The molecular weight excluding hydrogens is 436 g/mol. The standard InChI is InChI=1S/C26H19ClN4O2/c27-21-9-12-24-23(15-21)26(33)31(30-29-24)22-10-6-17(7-11-22)14-25(32)28-16-18-5-8-19-3-1-2-4-20(19)13-18/h1-13,15H,14,16H2,(H,28,32). The van der Waals surface area contributed by atoms with Gasteiger partial charge in [0.15, 0.2) is 0 Å². The molecule has 0 atom stereocenters. The van der Waals surface area contributed by atoms with Crippen LogP contribution in [0.4, 0.5) is 0 Å². The molecule has 0 aliphatic rings. The van der Waals surface area contributed by atoms with Gasteiger partial charge in [-0.1, -0.05) is 65.3 Å². The van der Waals surface area contributed by atoms with Crippen LogP contribution in [-0.4, -0.2) is 20.9 Å². The van der Waals surface area contributed by atoms with E-state index >= 15 is 0 Å². The van der Waals surface area contributed by atoms with Crippen LogP contribution in [0.1, 0.15) is 11.1 Å². The summed E-state index contributed by atoms with van der Waals surface area (Å²) in [5, 5.41) is 14.2. The fraction of sp³-hybridized carbons (Fsp3) is 0.0769. The Kier molecular flexibility index (Phi) is 5.59. The van der Waals surface area contributed by atoms with Gasteiger partial charge < -0.3 is 5.32 Å². The largest absolute Gasteiger partial charge is 0.352 e. The highest BCUT2D eigenvalue weighted by Crippen LogP contribution is 2.16. The van der Waals surface area contributed by atoms with Gasteiger partial charge in [-0.2, -0.15) is 4.68 Å². The number of hydrogen-bond acceptors (Lipinski definition) is 4. The molecule has 1 aromatic heterocycles. The van der Waals surface area contributed by atoms with Crippen molar-refractivity contribution in [3.8, 4) is 5.69 Å². The van der Waals surface area contributed by atoms with Crippen LogP contribution in [0.3, 0.4) is 0 Å². The first kappa shape index (κ1) is 20.8. The minimum Gasteiger partial charge on any atom is -0.352 e. The average Bonchev–Trinajstić information content (AvgIpc) is 2.84. The van der Waals surface area contributed by atoms with Crippen molar-refractivity contribution < 1.29 is 4.79 Å². The van der Waals surface area contributed by atoms with Crippen LogP contribution in [0, 0.1) is 0 Å². The second-order valence-electron chi connectivity index (χ2n) is 7.77. The number of carbonyl (C=O) groups is 1. The Morgan fingerprint density at radius 3 is 2.45 bits per heavy atom. The summed E-state index contributed by atoms with van der Waals surface area (Å²) in [6.07, 6.45) is 0.238. The molecule has 0 bridgehead atoms. The monoisotopic (exact) mass is 454 g/mol. The smallest absolute Gasteiger partial charge is 0.282 e. The van der Waals surface area contributed by atoms with Crippen molar-refractivity contribution in [2.24, 2.45) is 0 Å². The summed E-state index contributed by atoms with van der Waals surface area (Å²) in [6.45, 7) is 0.465. The molecule has 0 aliphatic heterocycles. The first-order chi connectivity index (χ1) is 16.1. The van der Waals surface area contributed by atoms with Gasteiger partial charge in [-0.3, -0.25) is 9.59 Å². The van der Waals surface area contributed by atoms with Crippen LogP contribution in [-0.2, 0) is 17.8 Å². The fourth-order valence-corrected chi connectivity index (χ4v) is 3.91. The van der Waals surface area contributed by atoms with Crippen molar-refractivity contribution in [2.75, 3.05) is 0 Å². The van der Waals surface area contributed by atoms with E-state index < -0.39 is 0 Å². The molecule has 1 N–H and O–H groups in total. The molecule has 1 amide bonds. The van der Waals surface area contributed by atoms with E-state index in [1.165, 1.54) is 10.1 Å². The van der Waals surface area contributed by atoms with Crippen molar-refractivity contribution in [2.45, 2.75) is 13.0 Å². The lowest BCUT2D eigenvalue weighted by Crippen LogP contribution is -2.24. The third-order valence-corrected chi connectivity index (χ3v) is 5.71. The zero-order valence-electron chi connectivity index (χ0n) is 17.5. The number of carbonyl (C=O) groups excluding carboxylic acids is 1. The third kappa shape index (κ3) is 4.47. The highest BCUT2D eigenvalue weighted by Gasteiger charge is 2.09. The number of nitrogens with one attached hydrogen (secondary N) is 1. The highest BCUT2D eigenvalue weighted by atomic mass is 35.5. The van der Waals surface area contributed by atoms with E-state index in [1.807, 2.05) is 18.2 Å². The molecule has 5 aromatic rings. The van der Waals surface area contributed by atoms with E-state index in [1.54, 1.807) is 42.5 Å². The first-order valence-corrected chi connectivity index (χ1v) is 10.8. The molecule has 0 unspecified atom stereocenters. The predicted molar refractivity (Wildman–Crippen MR) is 130 cm³/mol. The number of hydrogen-bond donors (Lipinski definition) is 1. The molecule has 0 fully saturated rings. The van der Waals surface area contributed by atoms with Gasteiger partial charge in [-0.05, 0) is 58.3 Å². The highest BCUT2D eigenvalue weighted by molar-refractivity contribution is 6.31. The van der Waals surface area contributed by atoms with Crippen LogP contribution in [0.2, 0.25) is 5.02 Å². The summed E-state index contributed by atoms with van der Waals surface area (Å²) in [5.41, 5.74) is 2.63. The molecule has 1 heterocycles. The van der Waals surface area contributed by atoms with E-state index in [4.69, 9.17) is 11.6 Å². The molecule has 7 heteroatoms. The van der Waals surface area contributed by atoms with Crippen LogP contribution in [0.15, 0.2) is 89.7 Å². The SMILES string of the molecule is O=C(Cc1ccc(-n2nnc3ccc(Cl)cc3c2=O)cc1)NCc1ccc2ccccc2c1. The zero-order valence-corrected chi connectivity index (χ0v) is 18.3. The molecule has 0 saturated heterocycles. The Morgan fingerprint density at radius 1 is 0.879 bits per heavy atom. The van der Waals surface area contributed by atoms with Gasteiger partial charge in [0, 0.05) is 11.6 Å². The lowest BCUT2D eigenvalue weighted by molar-refractivity contribution is -0.120. The predicted octanol–water partition coefficient (Wildman–Crippen LogP) is 4.45. The number of fused-ring (bicyclic) bond motifs is 2. The van der Waals surface area contributed by atoms with Crippen molar-refractivity contribution in [3.05, 3.63) is 111 Å². The van der Waals surface area contributed by atoms with Crippen LogP contribution in [0.25, 0.3) is 27.4 Å². The summed E-state index contributed by atoms with van der Waals surface area (Å²) in [4.78, 5) is 25.2. The van der Waals surface area contributed by atoms with E-state index in [9.17, 15) is 9.59 Å². The minimum atomic E-state index is -0.302. The summed E-state index contributed by atoms with van der Waals surface area (Å²) in [5.74, 6) is -0.0757. The number of benzene rings is 4. The van der Waals surface area contributed by atoms with Crippen LogP contribution in [0.5, 0.6) is 0 Å². The maximum atomic E-state index is 12.8. The van der Waals surface area contributed by atoms with Gasteiger partial charge in [0.1, 0.15) is 5.52 Å². The molecule has 33 heavy (non-hydrogen) atoms. The molecule has 4 aromatic carbocycles. The minimum absolute atomic E-state index is 0.0757. The van der Waals surface area contributed by atoms with Crippen molar-refractivity contribution in [3.63, 3.8) is 0 Å². The quantitative estimate of drug-likeness (QED) is 0.425. The summed E-state index contributed by atoms with van der Waals surface area (Å²) in [6, 6.07) is 26.3. The maximum absolute atomic E-state index is 12.8. The first-order valence-electron chi connectivity index (χ1n) is 10.5. The van der Waals surface area contributed by atoms with Crippen molar-refractivity contribution in [1.82, 2.24) is 20.3 Å². The van der Waals surface area contributed by atoms with E-state index in [0.717, 1.165) is 16.5 Å². The Morgan fingerprint density at radius 2 is 1.64 bits per heavy atom. The average molecular weight is 455 g/mol. The second kappa shape index (κ2) is 8.84. The Bertz CT molecular complexity index is 1540. The number of aromatic nitrogens is 3. The van der Waals surface area contributed by atoms with Gasteiger partial charge in [0.05, 0.1) is 17.5 Å². The summed E-state index contributed by atoms with van der Waals surface area (Å²) < 4.78 is 1.22.